The fourth-order valence-corrected chi connectivity index (χ4v) is 2.93. The molecule has 3 aromatic rings. The molecule has 1 aliphatic rings. The summed E-state index contributed by atoms with van der Waals surface area (Å²) in [7, 11) is 0. The summed E-state index contributed by atoms with van der Waals surface area (Å²) in [4.78, 5) is 16.9. The lowest BCUT2D eigenvalue weighted by Gasteiger charge is -2.12. The number of fused-ring (bicyclic) bond motifs is 1. The highest BCUT2D eigenvalue weighted by molar-refractivity contribution is 5.97. The number of nitrogens with zero attached hydrogens (tertiary/aromatic N) is 1. The van der Waals surface area contributed by atoms with Crippen molar-refractivity contribution >= 4 is 16.9 Å². The van der Waals surface area contributed by atoms with E-state index in [4.69, 9.17) is 9.47 Å². The molecule has 0 saturated heterocycles. The van der Waals surface area contributed by atoms with Gasteiger partial charge in [0.2, 0.25) is 0 Å². The van der Waals surface area contributed by atoms with Gasteiger partial charge in [0, 0.05) is 17.0 Å². The van der Waals surface area contributed by atoms with Gasteiger partial charge in [0.15, 0.2) is 0 Å². The molecule has 0 unspecified atom stereocenters. The first-order valence-electron chi connectivity index (χ1n) is 9.14. The molecule has 1 aromatic heterocycles. The largest absolute Gasteiger partial charge is 0.493 e. The average Bonchev–Trinajstić information content (AvgIpc) is 3.51. The summed E-state index contributed by atoms with van der Waals surface area (Å²) in [6, 6.07) is 13.3. The number of ether oxygens (including phenoxy) is 2. The van der Waals surface area contributed by atoms with Crippen molar-refractivity contribution in [3.05, 3.63) is 59.9 Å². The molecular weight excluding hydrogens is 345 g/mol. The van der Waals surface area contributed by atoms with E-state index in [2.05, 4.69) is 4.98 Å². The molecule has 1 fully saturated rings. The summed E-state index contributed by atoms with van der Waals surface area (Å²) in [5.41, 5.74) is 2.68. The minimum absolute atomic E-state index is 0.293. The number of aromatic nitrogens is 1. The molecule has 5 heteroatoms. The predicted molar refractivity (Wildman–Crippen MR) is 101 cm³/mol. The Morgan fingerprint density at radius 2 is 1.93 bits per heavy atom. The zero-order valence-corrected chi connectivity index (χ0v) is 15.1. The van der Waals surface area contributed by atoms with E-state index in [-0.39, 0.29) is 11.8 Å². The van der Waals surface area contributed by atoms with Gasteiger partial charge in [-0.3, -0.25) is 0 Å². The molecule has 138 valence electrons. The van der Waals surface area contributed by atoms with E-state index in [0.29, 0.717) is 41.7 Å². The second kappa shape index (κ2) is 7.35. The zero-order valence-electron chi connectivity index (χ0n) is 15.1. The third-order valence-corrected chi connectivity index (χ3v) is 4.59. The number of rotatable bonds is 6. The summed E-state index contributed by atoms with van der Waals surface area (Å²) in [6.45, 7) is 2.87. The SMILES string of the molecule is CCOc1cc(-c2ccc(F)cc2)nc2ccc(C(=O)OCC3CC3)cc12. The first kappa shape index (κ1) is 17.5. The Labute approximate surface area is 156 Å². The number of hydrogen-bond donors (Lipinski definition) is 0. The van der Waals surface area contributed by atoms with Crippen LogP contribution in [0.5, 0.6) is 5.75 Å². The van der Waals surface area contributed by atoms with Crippen LogP contribution in [-0.4, -0.2) is 24.2 Å². The molecule has 0 amide bonds. The third kappa shape index (κ3) is 3.92. The topological polar surface area (TPSA) is 48.4 Å². The maximum atomic E-state index is 13.2. The van der Waals surface area contributed by atoms with Crippen LogP contribution in [0.1, 0.15) is 30.1 Å². The Kier molecular flexibility index (Phi) is 4.75. The van der Waals surface area contributed by atoms with Crippen LogP contribution in [-0.2, 0) is 4.74 Å². The molecule has 0 aliphatic heterocycles. The number of carbonyl (C=O) groups is 1. The summed E-state index contributed by atoms with van der Waals surface area (Å²) in [5, 5.41) is 0.753. The molecule has 4 nitrogen and oxygen atoms in total. The van der Waals surface area contributed by atoms with Crippen molar-refractivity contribution in [1.29, 1.82) is 0 Å². The van der Waals surface area contributed by atoms with Crippen molar-refractivity contribution in [3.63, 3.8) is 0 Å². The van der Waals surface area contributed by atoms with Crippen LogP contribution in [0, 0.1) is 11.7 Å². The van der Waals surface area contributed by atoms with Crippen molar-refractivity contribution in [2.75, 3.05) is 13.2 Å². The minimum atomic E-state index is -0.325. The third-order valence-electron chi connectivity index (χ3n) is 4.59. The molecule has 1 aliphatic carbocycles. The van der Waals surface area contributed by atoms with Crippen LogP contribution in [0.15, 0.2) is 48.5 Å². The van der Waals surface area contributed by atoms with Gasteiger partial charge in [0.05, 0.1) is 30.0 Å². The van der Waals surface area contributed by atoms with Crippen molar-refractivity contribution in [2.24, 2.45) is 5.92 Å². The Morgan fingerprint density at radius 3 is 2.63 bits per heavy atom. The molecule has 2 aromatic carbocycles. The van der Waals surface area contributed by atoms with E-state index >= 15 is 0 Å². The fourth-order valence-electron chi connectivity index (χ4n) is 2.93. The van der Waals surface area contributed by atoms with E-state index in [1.54, 1.807) is 30.3 Å². The first-order chi connectivity index (χ1) is 13.1. The van der Waals surface area contributed by atoms with Crippen LogP contribution in [0.4, 0.5) is 4.39 Å². The van der Waals surface area contributed by atoms with Gasteiger partial charge in [0.1, 0.15) is 11.6 Å². The molecule has 0 spiro atoms. The molecule has 27 heavy (non-hydrogen) atoms. The van der Waals surface area contributed by atoms with Gasteiger partial charge in [-0.15, -0.1) is 0 Å². The van der Waals surface area contributed by atoms with Gasteiger partial charge in [-0.05, 0) is 68.1 Å². The van der Waals surface area contributed by atoms with Gasteiger partial charge in [-0.1, -0.05) is 0 Å². The van der Waals surface area contributed by atoms with E-state index in [0.717, 1.165) is 23.8 Å². The summed E-state index contributed by atoms with van der Waals surface area (Å²) >= 11 is 0. The molecule has 0 bridgehead atoms. The Morgan fingerprint density at radius 1 is 1.15 bits per heavy atom. The number of hydrogen-bond acceptors (Lipinski definition) is 4. The predicted octanol–water partition coefficient (Wildman–Crippen LogP) is 5.01. The number of pyridine rings is 1. The van der Waals surface area contributed by atoms with Gasteiger partial charge in [-0.25, -0.2) is 14.2 Å². The van der Waals surface area contributed by atoms with Gasteiger partial charge in [0.25, 0.3) is 0 Å². The van der Waals surface area contributed by atoms with Gasteiger partial charge >= 0.3 is 5.97 Å². The zero-order chi connectivity index (χ0) is 18.8. The second-order valence-electron chi connectivity index (χ2n) is 6.72. The Balaban J connectivity index is 1.71. The average molecular weight is 365 g/mol. The van der Waals surface area contributed by atoms with Crippen LogP contribution in [0.3, 0.4) is 0 Å². The maximum Gasteiger partial charge on any atom is 0.338 e. The highest BCUT2D eigenvalue weighted by Crippen LogP contribution is 2.32. The number of carbonyl (C=O) groups excluding carboxylic acids is 1. The highest BCUT2D eigenvalue weighted by Gasteiger charge is 2.23. The maximum absolute atomic E-state index is 13.2. The number of halogens is 1. The summed E-state index contributed by atoms with van der Waals surface area (Å²) in [5.74, 6) is 0.541. The normalized spacial score (nSPS) is 13.6. The molecule has 0 radical (unpaired) electrons. The van der Waals surface area contributed by atoms with E-state index < -0.39 is 0 Å². The highest BCUT2D eigenvalue weighted by atomic mass is 19.1. The molecular formula is C22H20FNO3. The molecule has 0 N–H and O–H groups in total. The van der Waals surface area contributed by atoms with Crippen molar-refractivity contribution in [1.82, 2.24) is 4.98 Å². The quantitative estimate of drug-likeness (QED) is 0.577. The molecule has 1 saturated carbocycles. The van der Waals surface area contributed by atoms with Crippen molar-refractivity contribution in [3.8, 4) is 17.0 Å². The van der Waals surface area contributed by atoms with Crippen molar-refractivity contribution in [2.45, 2.75) is 19.8 Å². The van der Waals surface area contributed by atoms with Crippen LogP contribution in [0.25, 0.3) is 22.2 Å². The summed E-state index contributed by atoms with van der Waals surface area (Å²) in [6.07, 6.45) is 2.27. The van der Waals surface area contributed by atoms with Crippen LogP contribution < -0.4 is 4.74 Å². The lowest BCUT2D eigenvalue weighted by atomic mass is 10.1. The minimum Gasteiger partial charge on any atom is -0.493 e. The smallest absolute Gasteiger partial charge is 0.338 e. The summed E-state index contributed by atoms with van der Waals surface area (Å²) < 4.78 is 24.4. The monoisotopic (exact) mass is 365 g/mol. The van der Waals surface area contributed by atoms with Gasteiger partial charge < -0.3 is 9.47 Å². The number of benzene rings is 2. The first-order valence-corrected chi connectivity index (χ1v) is 9.14. The van der Waals surface area contributed by atoms with Crippen molar-refractivity contribution < 1.29 is 18.7 Å². The lowest BCUT2D eigenvalue weighted by molar-refractivity contribution is 0.0486. The fraction of sp³-hybridized carbons (Fsp3) is 0.273. The standard InChI is InChI=1S/C22H20FNO3/c1-2-26-21-12-20(15-5-8-17(23)9-6-15)24-19-10-7-16(11-18(19)21)22(25)27-13-14-3-4-14/h5-12,14H,2-4,13H2,1H3. The molecule has 4 rings (SSSR count). The van der Waals surface area contributed by atoms with Gasteiger partial charge in [-0.2, -0.15) is 0 Å². The van der Waals surface area contributed by atoms with Crippen LogP contribution >= 0.6 is 0 Å². The molecule has 1 heterocycles. The van der Waals surface area contributed by atoms with E-state index in [1.165, 1.54) is 12.1 Å². The van der Waals surface area contributed by atoms with Crippen LogP contribution in [0.2, 0.25) is 0 Å². The lowest BCUT2D eigenvalue weighted by Crippen LogP contribution is -2.07. The van der Waals surface area contributed by atoms with E-state index in [9.17, 15) is 9.18 Å². The van der Waals surface area contributed by atoms with E-state index in [1.807, 2.05) is 13.0 Å². The Bertz CT molecular complexity index is 981. The second-order valence-corrected chi connectivity index (χ2v) is 6.72. The molecule has 0 atom stereocenters. The number of esters is 1. The Hall–Kier alpha value is -2.95.